The van der Waals surface area contributed by atoms with Crippen LogP contribution >= 0.6 is 28.6 Å². The number of carbonyl (C=O) groups is 1. The summed E-state index contributed by atoms with van der Waals surface area (Å²) in [6.45, 7) is 1.99. The van der Waals surface area contributed by atoms with Crippen LogP contribution in [0.3, 0.4) is 0 Å². The quantitative estimate of drug-likeness (QED) is 0.794. The number of hydrogen-bond donors (Lipinski definition) is 2. The molecule has 104 valence electrons. The summed E-state index contributed by atoms with van der Waals surface area (Å²) in [7, 11) is 0. The third-order valence-corrected chi connectivity index (χ3v) is 4.06. The van der Waals surface area contributed by atoms with E-state index < -0.39 is 0 Å². The van der Waals surface area contributed by atoms with Gasteiger partial charge >= 0.3 is 0 Å². The summed E-state index contributed by atoms with van der Waals surface area (Å²) >= 11 is 7.83. The Kier molecular flexibility index (Phi) is 5.26. The SMILES string of the molecule is Cc1ccc(Br)c(NC(=O)C(S)Cc2ccccc2)c1. The van der Waals surface area contributed by atoms with Crippen LogP contribution in [-0.4, -0.2) is 11.2 Å². The molecule has 0 bridgehead atoms. The molecule has 1 atom stereocenters. The minimum absolute atomic E-state index is 0.0940. The minimum Gasteiger partial charge on any atom is -0.324 e. The van der Waals surface area contributed by atoms with Gasteiger partial charge in [0, 0.05) is 4.47 Å². The Morgan fingerprint density at radius 3 is 2.65 bits per heavy atom. The van der Waals surface area contributed by atoms with Crippen LogP contribution in [0.2, 0.25) is 0 Å². The topological polar surface area (TPSA) is 29.1 Å². The first-order chi connectivity index (χ1) is 9.56. The van der Waals surface area contributed by atoms with Crippen molar-refractivity contribution in [1.29, 1.82) is 0 Å². The van der Waals surface area contributed by atoms with Gasteiger partial charge in [0.1, 0.15) is 0 Å². The van der Waals surface area contributed by atoms with Gasteiger partial charge < -0.3 is 5.32 Å². The first-order valence-corrected chi connectivity index (χ1v) is 7.66. The van der Waals surface area contributed by atoms with E-state index in [1.165, 1.54) is 0 Å². The van der Waals surface area contributed by atoms with Gasteiger partial charge in [-0.25, -0.2) is 0 Å². The van der Waals surface area contributed by atoms with Crippen LogP contribution in [0.1, 0.15) is 11.1 Å². The number of aryl methyl sites for hydroxylation is 1. The van der Waals surface area contributed by atoms with Gasteiger partial charge in [-0.15, -0.1) is 0 Å². The number of anilines is 1. The average molecular weight is 350 g/mol. The fraction of sp³-hybridized carbons (Fsp3) is 0.188. The summed E-state index contributed by atoms with van der Waals surface area (Å²) in [6.07, 6.45) is 0.610. The monoisotopic (exact) mass is 349 g/mol. The van der Waals surface area contributed by atoms with Crippen molar-refractivity contribution in [3.8, 4) is 0 Å². The number of rotatable bonds is 4. The lowest BCUT2D eigenvalue weighted by Gasteiger charge is -2.13. The van der Waals surface area contributed by atoms with Crippen LogP contribution in [-0.2, 0) is 11.2 Å². The summed E-state index contributed by atoms with van der Waals surface area (Å²) in [6, 6.07) is 15.7. The van der Waals surface area contributed by atoms with E-state index in [-0.39, 0.29) is 11.2 Å². The van der Waals surface area contributed by atoms with E-state index in [1.807, 2.05) is 55.5 Å². The van der Waals surface area contributed by atoms with Crippen LogP contribution in [0.5, 0.6) is 0 Å². The summed E-state index contributed by atoms with van der Waals surface area (Å²) in [5.74, 6) is -0.0940. The molecule has 0 aliphatic carbocycles. The highest BCUT2D eigenvalue weighted by atomic mass is 79.9. The average Bonchev–Trinajstić information content (AvgIpc) is 2.44. The van der Waals surface area contributed by atoms with Gasteiger partial charge in [0.25, 0.3) is 0 Å². The highest BCUT2D eigenvalue weighted by Gasteiger charge is 2.15. The fourth-order valence-corrected chi connectivity index (χ4v) is 2.50. The molecule has 2 aromatic carbocycles. The van der Waals surface area contributed by atoms with Crippen molar-refractivity contribution < 1.29 is 4.79 Å². The predicted octanol–water partition coefficient (Wildman–Crippen LogP) is 4.24. The number of halogens is 1. The number of hydrogen-bond acceptors (Lipinski definition) is 2. The summed E-state index contributed by atoms with van der Waals surface area (Å²) < 4.78 is 0.872. The number of carbonyl (C=O) groups excluding carboxylic acids is 1. The van der Waals surface area contributed by atoms with Crippen molar-refractivity contribution in [1.82, 2.24) is 0 Å². The number of benzene rings is 2. The summed E-state index contributed by atoms with van der Waals surface area (Å²) in [5.41, 5.74) is 2.98. The molecule has 1 N–H and O–H groups in total. The highest BCUT2D eigenvalue weighted by molar-refractivity contribution is 9.10. The van der Waals surface area contributed by atoms with E-state index in [0.29, 0.717) is 6.42 Å². The first kappa shape index (κ1) is 15.1. The Morgan fingerprint density at radius 1 is 1.25 bits per heavy atom. The van der Waals surface area contributed by atoms with Crippen LogP contribution in [0.15, 0.2) is 53.0 Å². The van der Waals surface area contributed by atoms with Gasteiger partial charge in [0.05, 0.1) is 10.9 Å². The molecule has 0 aliphatic heterocycles. The van der Waals surface area contributed by atoms with Crippen molar-refractivity contribution in [3.63, 3.8) is 0 Å². The zero-order valence-electron chi connectivity index (χ0n) is 11.1. The lowest BCUT2D eigenvalue weighted by atomic mass is 10.1. The highest BCUT2D eigenvalue weighted by Crippen LogP contribution is 2.24. The number of thiol groups is 1. The Hall–Kier alpha value is -1.26. The molecule has 1 unspecified atom stereocenters. The maximum atomic E-state index is 12.2. The smallest absolute Gasteiger partial charge is 0.237 e. The van der Waals surface area contributed by atoms with Crippen molar-refractivity contribution in [2.24, 2.45) is 0 Å². The normalized spacial score (nSPS) is 11.9. The molecule has 2 nitrogen and oxygen atoms in total. The van der Waals surface area contributed by atoms with Crippen molar-refractivity contribution >= 4 is 40.2 Å². The molecule has 0 fully saturated rings. The Labute approximate surface area is 133 Å². The Morgan fingerprint density at radius 2 is 1.95 bits per heavy atom. The maximum absolute atomic E-state index is 12.2. The summed E-state index contributed by atoms with van der Waals surface area (Å²) in [5, 5.41) is 2.54. The molecular formula is C16H16BrNOS. The molecular weight excluding hydrogens is 334 g/mol. The molecule has 2 rings (SSSR count). The zero-order valence-corrected chi connectivity index (χ0v) is 13.6. The molecule has 2 aromatic rings. The van der Waals surface area contributed by atoms with Crippen molar-refractivity contribution in [2.75, 3.05) is 5.32 Å². The molecule has 0 spiro atoms. The molecule has 0 saturated carbocycles. The van der Waals surface area contributed by atoms with Gasteiger partial charge in [-0.05, 0) is 52.5 Å². The largest absolute Gasteiger partial charge is 0.324 e. The second-order valence-corrected chi connectivity index (χ2v) is 6.16. The zero-order chi connectivity index (χ0) is 14.5. The third-order valence-electron chi connectivity index (χ3n) is 2.95. The molecule has 4 heteroatoms. The number of nitrogens with one attached hydrogen (secondary N) is 1. The van der Waals surface area contributed by atoms with Crippen LogP contribution in [0.25, 0.3) is 0 Å². The standard InChI is InChI=1S/C16H16BrNOS/c1-11-7-8-13(17)14(9-11)18-16(19)15(20)10-12-5-3-2-4-6-12/h2-9,15,20H,10H2,1H3,(H,18,19). The van der Waals surface area contributed by atoms with Crippen LogP contribution in [0.4, 0.5) is 5.69 Å². The van der Waals surface area contributed by atoms with Gasteiger partial charge in [-0.3, -0.25) is 4.79 Å². The molecule has 0 heterocycles. The second-order valence-electron chi connectivity index (χ2n) is 4.68. The van der Waals surface area contributed by atoms with Gasteiger partial charge in [-0.2, -0.15) is 12.6 Å². The molecule has 0 aliphatic rings. The molecule has 0 radical (unpaired) electrons. The van der Waals surface area contributed by atoms with Crippen molar-refractivity contribution in [3.05, 3.63) is 64.1 Å². The van der Waals surface area contributed by atoms with E-state index in [1.54, 1.807) is 0 Å². The molecule has 0 saturated heterocycles. The van der Waals surface area contributed by atoms with E-state index >= 15 is 0 Å². The predicted molar refractivity (Wildman–Crippen MR) is 90.4 cm³/mol. The molecule has 1 amide bonds. The molecule has 0 aromatic heterocycles. The second kappa shape index (κ2) is 6.95. The van der Waals surface area contributed by atoms with Gasteiger partial charge in [-0.1, -0.05) is 36.4 Å². The third kappa shape index (κ3) is 4.12. The molecule has 20 heavy (non-hydrogen) atoms. The van der Waals surface area contributed by atoms with E-state index in [0.717, 1.165) is 21.3 Å². The number of amides is 1. The maximum Gasteiger partial charge on any atom is 0.237 e. The van der Waals surface area contributed by atoms with Crippen LogP contribution < -0.4 is 5.32 Å². The lowest BCUT2D eigenvalue weighted by Crippen LogP contribution is -2.25. The summed E-state index contributed by atoms with van der Waals surface area (Å²) in [4.78, 5) is 12.2. The van der Waals surface area contributed by atoms with Crippen molar-refractivity contribution in [2.45, 2.75) is 18.6 Å². The lowest BCUT2D eigenvalue weighted by molar-refractivity contribution is -0.115. The minimum atomic E-state index is -0.371. The Balaban J connectivity index is 2.02. The Bertz CT molecular complexity index is 601. The first-order valence-electron chi connectivity index (χ1n) is 6.35. The van der Waals surface area contributed by atoms with Crippen LogP contribution in [0, 0.1) is 6.92 Å². The fourth-order valence-electron chi connectivity index (χ4n) is 1.88. The van der Waals surface area contributed by atoms with Gasteiger partial charge in [0.2, 0.25) is 5.91 Å². The van der Waals surface area contributed by atoms with E-state index in [9.17, 15) is 4.79 Å². The van der Waals surface area contributed by atoms with E-state index in [2.05, 4.69) is 33.9 Å². The van der Waals surface area contributed by atoms with Gasteiger partial charge in [0.15, 0.2) is 0 Å². The van der Waals surface area contributed by atoms with E-state index in [4.69, 9.17) is 0 Å².